The lowest BCUT2D eigenvalue weighted by Crippen LogP contribution is -2.21. The first kappa shape index (κ1) is 11.9. The number of rotatable bonds is 5. The summed E-state index contributed by atoms with van der Waals surface area (Å²) in [6.45, 7) is 6.16. The highest BCUT2D eigenvalue weighted by molar-refractivity contribution is 5.15. The lowest BCUT2D eigenvalue weighted by Gasteiger charge is -2.06. The minimum Gasteiger partial charge on any atom is -0.350 e. The van der Waals surface area contributed by atoms with Crippen LogP contribution in [0.2, 0.25) is 0 Å². The van der Waals surface area contributed by atoms with Gasteiger partial charge >= 0.3 is 0 Å². The van der Waals surface area contributed by atoms with Crippen LogP contribution in [0.1, 0.15) is 25.0 Å². The molecule has 2 rings (SSSR count). The molecule has 0 bridgehead atoms. The van der Waals surface area contributed by atoms with Gasteiger partial charge in [0.2, 0.25) is 0 Å². The number of hydrogen-bond acceptors (Lipinski definition) is 2. The number of pyridine rings is 1. The van der Waals surface area contributed by atoms with E-state index in [1.54, 1.807) is 0 Å². The van der Waals surface area contributed by atoms with Crippen LogP contribution in [0.25, 0.3) is 0 Å². The quantitative estimate of drug-likeness (QED) is 0.853. The summed E-state index contributed by atoms with van der Waals surface area (Å²) in [6, 6.07) is 6.79. The van der Waals surface area contributed by atoms with Gasteiger partial charge < -0.3 is 9.88 Å². The van der Waals surface area contributed by atoms with Gasteiger partial charge in [-0.25, -0.2) is 0 Å². The van der Waals surface area contributed by atoms with Crippen molar-refractivity contribution in [3.05, 3.63) is 54.1 Å². The standard InChI is InChI=1S/C14H19N3/c1-12(2)16-9-14-5-8-17(11-14)10-13-3-6-15-7-4-13/h3-8,11-12,16H,9-10H2,1-2H3. The first-order chi connectivity index (χ1) is 8.24. The van der Waals surface area contributed by atoms with E-state index in [2.05, 4.69) is 47.2 Å². The second-order valence-electron chi connectivity index (χ2n) is 4.58. The number of nitrogens with zero attached hydrogens (tertiary/aromatic N) is 2. The second-order valence-corrected chi connectivity index (χ2v) is 4.58. The lowest BCUT2D eigenvalue weighted by atomic mass is 10.3. The van der Waals surface area contributed by atoms with Crippen LogP contribution < -0.4 is 5.32 Å². The third-order valence-corrected chi connectivity index (χ3v) is 2.64. The summed E-state index contributed by atoms with van der Waals surface area (Å²) < 4.78 is 2.20. The summed E-state index contributed by atoms with van der Waals surface area (Å²) in [6.07, 6.45) is 7.98. The average Bonchev–Trinajstić information content (AvgIpc) is 2.75. The van der Waals surface area contributed by atoms with Crippen molar-refractivity contribution in [2.75, 3.05) is 0 Å². The maximum absolute atomic E-state index is 4.02. The summed E-state index contributed by atoms with van der Waals surface area (Å²) in [5.41, 5.74) is 2.60. The first-order valence-electron chi connectivity index (χ1n) is 6.01. The Kier molecular flexibility index (Phi) is 3.94. The SMILES string of the molecule is CC(C)NCc1ccn(Cc2ccncc2)c1. The molecule has 0 radical (unpaired) electrons. The topological polar surface area (TPSA) is 29.9 Å². The monoisotopic (exact) mass is 229 g/mol. The molecular weight excluding hydrogens is 210 g/mol. The minimum atomic E-state index is 0.526. The molecule has 0 saturated heterocycles. The number of nitrogens with one attached hydrogen (secondary N) is 1. The van der Waals surface area contributed by atoms with Gasteiger partial charge in [0.1, 0.15) is 0 Å². The molecular formula is C14H19N3. The van der Waals surface area contributed by atoms with Crippen molar-refractivity contribution in [3.63, 3.8) is 0 Å². The van der Waals surface area contributed by atoms with Crippen LogP contribution in [-0.2, 0) is 13.1 Å². The molecule has 3 nitrogen and oxygen atoms in total. The fourth-order valence-corrected chi connectivity index (χ4v) is 1.71. The van der Waals surface area contributed by atoms with E-state index in [4.69, 9.17) is 0 Å². The van der Waals surface area contributed by atoms with E-state index in [9.17, 15) is 0 Å². The smallest absolute Gasteiger partial charge is 0.0471 e. The van der Waals surface area contributed by atoms with Gasteiger partial charge in [0, 0.05) is 43.9 Å². The molecule has 0 saturated carbocycles. The first-order valence-corrected chi connectivity index (χ1v) is 6.01. The van der Waals surface area contributed by atoms with Gasteiger partial charge in [-0.2, -0.15) is 0 Å². The largest absolute Gasteiger partial charge is 0.350 e. The second kappa shape index (κ2) is 5.64. The van der Waals surface area contributed by atoms with E-state index in [1.807, 2.05) is 24.5 Å². The normalized spacial score (nSPS) is 11.0. The fourth-order valence-electron chi connectivity index (χ4n) is 1.71. The minimum absolute atomic E-state index is 0.526. The van der Waals surface area contributed by atoms with Crippen molar-refractivity contribution in [2.45, 2.75) is 33.0 Å². The van der Waals surface area contributed by atoms with E-state index >= 15 is 0 Å². The van der Waals surface area contributed by atoms with Gasteiger partial charge in [-0.05, 0) is 29.3 Å². The Hall–Kier alpha value is -1.61. The summed E-state index contributed by atoms with van der Waals surface area (Å²) in [7, 11) is 0. The molecule has 17 heavy (non-hydrogen) atoms. The van der Waals surface area contributed by atoms with Crippen molar-refractivity contribution in [1.82, 2.24) is 14.9 Å². The molecule has 0 aliphatic rings. The van der Waals surface area contributed by atoms with Crippen molar-refractivity contribution in [3.8, 4) is 0 Å². The molecule has 0 aliphatic heterocycles. The van der Waals surface area contributed by atoms with Crippen LogP contribution in [0.15, 0.2) is 43.0 Å². The Morgan fingerprint density at radius 1 is 1.18 bits per heavy atom. The zero-order valence-electron chi connectivity index (χ0n) is 10.4. The molecule has 0 unspecified atom stereocenters. The summed E-state index contributed by atoms with van der Waals surface area (Å²) in [5, 5.41) is 3.42. The predicted octanol–water partition coefficient (Wildman–Crippen LogP) is 2.43. The molecule has 90 valence electrons. The van der Waals surface area contributed by atoms with E-state index in [1.165, 1.54) is 11.1 Å². The highest BCUT2D eigenvalue weighted by Crippen LogP contribution is 2.05. The van der Waals surface area contributed by atoms with E-state index < -0.39 is 0 Å². The Morgan fingerprint density at radius 3 is 2.65 bits per heavy atom. The van der Waals surface area contributed by atoms with Crippen molar-refractivity contribution in [2.24, 2.45) is 0 Å². The molecule has 0 amide bonds. The van der Waals surface area contributed by atoms with Gasteiger partial charge in [0.15, 0.2) is 0 Å². The number of hydrogen-bond donors (Lipinski definition) is 1. The van der Waals surface area contributed by atoms with Gasteiger partial charge in [-0.3, -0.25) is 4.98 Å². The van der Waals surface area contributed by atoms with Gasteiger partial charge in [0.05, 0.1) is 0 Å². The van der Waals surface area contributed by atoms with Gasteiger partial charge in [-0.15, -0.1) is 0 Å². The molecule has 0 spiro atoms. The van der Waals surface area contributed by atoms with Crippen molar-refractivity contribution in [1.29, 1.82) is 0 Å². The van der Waals surface area contributed by atoms with E-state index in [0.717, 1.165) is 13.1 Å². The number of aromatic nitrogens is 2. The van der Waals surface area contributed by atoms with Crippen LogP contribution in [0, 0.1) is 0 Å². The zero-order valence-corrected chi connectivity index (χ0v) is 10.4. The molecule has 0 fully saturated rings. The maximum atomic E-state index is 4.02. The van der Waals surface area contributed by atoms with Gasteiger partial charge in [-0.1, -0.05) is 13.8 Å². The molecule has 2 heterocycles. The fraction of sp³-hybridized carbons (Fsp3) is 0.357. The molecule has 0 aliphatic carbocycles. The highest BCUT2D eigenvalue weighted by atomic mass is 14.9. The van der Waals surface area contributed by atoms with Crippen LogP contribution in [0.5, 0.6) is 0 Å². The highest BCUT2D eigenvalue weighted by Gasteiger charge is 1.99. The summed E-state index contributed by atoms with van der Waals surface area (Å²) in [4.78, 5) is 4.02. The molecule has 0 aromatic carbocycles. The van der Waals surface area contributed by atoms with Crippen LogP contribution in [0.4, 0.5) is 0 Å². The summed E-state index contributed by atoms with van der Waals surface area (Å²) >= 11 is 0. The molecule has 1 N–H and O–H groups in total. The van der Waals surface area contributed by atoms with Crippen LogP contribution >= 0.6 is 0 Å². The molecule has 3 heteroatoms. The van der Waals surface area contributed by atoms with Crippen LogP contribution in [-0.4, -0.2) is 15.6 Å². The van der Waals surface area contributed by atoms with Crippen molar-refractivity contribution >= 4 is 0 Å². The molecule has 2 aromatic heterocycles. The van der Waals surface area contributed by atoms with Crippen molar-refractivity contribution < 1.29 is 0 Å². The molecule has 2 aromatic rings. The Balaban J connectivity index is 1.94. The van der Waals surface area contributed by atoms with E-state index in [-0.39, 0.29) is 0 Å². The van der Waals surface area contributed by atoms with E-state index in [0.29, 0.717) is 6.04 Å². The Bertz CT molecular complexity index is 446. The molecule has 0 atom stereocenters. The maximum Gasteiger partial charge on any atom is 0.0471 e. The third-order valence-electron chi connectivity index (χ3n) is 2.64. The Labute approximate surface area is 103 Å². The third kappa shape index (κ3) is 3.71. The Morgan fingerprint density at radius 2 is 1.94 bits per heavy atom. The van der Waals surface area contributed by atoms with Crippen LogP contribution in [0.3, 0.4) is 0 Å². The lowest BCUT2D eigenvalue weighted by molar-refractivity contribution is 0.588. The summed E-state index contributed by atoms with van der Waals surface area (Å²) in [5.74, 6) is 0. The predicted molar refractivity (Wildman–Crippen MR) is 69.7 cm³/mol. The zero-order chi connectivity index (χ0) is 12.1. The van der Waals surface area contributed by atoms with Gasteiger partial charge in [0.25, 0.3) is 0 Å². The average molecular weight is 229 g/mol.